The van der Waals surface area contributed by atoms with E-state index in [4.69, 9.17) is 0 Å². The van der Waals surface area contributed by atoms with E-state index in [1.807, 2.05) is 26.8 Å². The number of carbonyl (C=O) groups is 2. The summed E-state index contributed by atoms with van der Waals surface area (Å²) in [6.45, 7) is 6.06. The number of alkyl halides is 1. The van der Waals surface area contributed by atoms with Crippen LogP contribution in [0, 0.1) is 16.2 Å². The van der Waals surface area contributed by atoms with E-state index in [9.17, 15) is 9.59 Å². The summed E-state index contributed by atoms with van der Waals surface area (Å²) in [6, 6.07) is 3.58. The molecule has 0 radical (unpaired) electrons. The molecule has 0 saturated heterocycles. The van der Waals surface area contributed by atoms with E-state index >= 15 is 0 Å². The van der Waals surface area contributed by atoms with Gasteiger partial charge in [-0.2, -0.15) is 0 Å². The summed E-state index contributed by atoms with van der Waals surface area (Å²) < 4.78 is 0.854. The van der Waals surface area contributed by atoms with Crippen molar-refractivity contribution >= 4 is 49.4 Å². The Labute approximate surface area is 146 Å². The Bertz CT molecular complexity index is 659. The average molecular weight is 430 g/mol. The summed E-state index contributed by atoms with van der Waals surface area (Å²) in [5, 5.41) is 2.90. The van der Waals surface area contributed by atoms with E-state index in [0.717, 1.165) is 10.9 Å². The first-order valence-corrected chi connectivity index (χ1v) is 8.99. The van der Waals surface area contributed by atoms with Crippen molar-refractivity contribution in [2.24, 2.45) is 16.2 Å². The molecule has 2 fully saturated rings. The summed E-state index contributed by atoms with van der Waals surface area (Å²) in [5.41, 5.74) is -1.58. The maximum atomic E-state index is 13.0. The molecule has 22 heavy (non-hydrogen) atoms. The molecule has 118 valence electrons. The molecule has 1 amide bonds. The first-order valence-electron chi connectivity index (χ1n) is 7.28. The first-order chi connectivity index (χ1) is 10.2. The molecular formula is C16H18Br2N2O2. The molecule has 2 unspecified atom stereocenters. The van der Waals surface area contributed by atoms with Crippen LogP contribution >= 0.6 is 31.9 Å². The average Bonchev–Trinajstić information content (AvgIpc) is 2.74. The Kier molecular flexibility index (Phi) is 3.57. The SMILES string of the molecule is CC12CCC(C(=O)Nc3ccc(Br)cn3)([C@H](Br)C1=O)C2(C)C. The van der Waals surface area contributed by atoms with Crippen LogP contribution in [0.4, 0.5) is 5.82 Å². The molecule has 0 aliphatic heterocycles. The summed E-state index contributed by atoms with van der Waals surface area (Å²) >= 11 is 6.84. The second-order valence-corrected chi connectivity index (χ2v) is 8.80. The lowest BCUT2D eigenvalue weighted by Crippen LogP contribution is -2.48. The molecule has 1 aromatic rings. The van der Waals surface area contributed by atoms with E-state index in [1.165, 1.54) is 0 Å². The van der Waals surface area contributed by atoms with Gasteiger partial charge in [0.2, 0.25) is 5.91 Å². The minimum Gasteiger partial charge on any atom is -0.310 e. The molecule has 0 aromatic carbocycles. The molecule has 3 atom stereocenters. The topological polar surface area (TPSA) is 59.1 Å². The van der Waals surface area contributed by atoms with Crippen LogP contribution in [-0.4, -0.2) is 21.5 Å². The monoisotopic (exact) mass is 428 g/mol. The second-order valence-electron chi connectivity index (χ2n) is 6.97. The number of fused-ring (bicyclic) bond motifs is 2. The third-order valence-electron chi connectivity index (χ3n) is 6.09. The van der Waals surface area contributed by atoms with E-state index in [0.29, 0.717) is 12.2 Å². The van der Waals surface area contributed by atoms with Crippen LogP contribution in [-0.2, 0) is 9.59 Å². The molecule has 3 rings (SSSR count). The number of amides is 1. The van der Waals surface area contributed by atoms with Gasteiger partial charge >= 0.3 is 0 Å². The number of aromatic nitrogens is 1. The van der Waals surface area contributed by atoms with Crippen LogP contribution in [0.2, 0.25) is 0 Å². The van der Waals surface area contributed by atoms with Gasteiger partial charge < -0.3 is 5.32 Å². The standard InChI is InChI=1S/C16H18Br2N2O2/c1-14(2)15(3)6-7-16(14,11(18)12(15)21)13(22)20-10-5-4-9(17)8-19-10/h4-5,8,11H,6-7H2,1-3H3,(H,19,20,22)/t11-,15?,16?/m1/s1. The quantitative estimate of drug-likeness (QED) is 0.724. The molecule has 1 N–H and O–H groups in total. The lowest BCUT2D eigenvalue weighted by molar-refractivity contribution is -0.130. The predicted molar refractivity (Wildman–Crippen MR) is 91.8 cm³/mol. The summed E-state index contributed by atoms with van der Waals surface area (Å²) in [6.07, 6.45) is 3.10. The first kappa shape index (κ1) is 16.1. The Morgan fingerprint density at radius 2 is 2.00 bits per heavy atom. The number of pyridine rings is 1. The largest absolute Gasteiger partial charge is 0.310 e. The van der Waals surface area contributed by atoms with Crippen LogP contribution in [0.1, 0.15) is 33.6 Å². The molecule has 0 spiro atoms. The molecular weight excluding hydrogens is 412 g/mol. The zero-order valence-corrected chi connectivity index (χ0v) is 15.9. The number of halogens is 2. The van der Waals surface area contributed by atoms with Crippen molar-refractivity contribution in [3.8, 4) is 0 Å². The number of carbonyl (C=O) groups excluding carboxylic acids is 2. The van der Waals surface area contributed by atoms with Crippen molar-refractivity contribution < 1.29 is 9.59 Å². The molecule has 2 aliphatic carbocycles. The van der Waals surface area contributed by atoms with Gasteiger partial charge in [-0.05, 0) is 46.3 Å². The fourth-order valence-electron chi connectivity index (χ4n) is 4.13. The highest BCUT2D eigenvalue weighted by Crippen LogP contribution is 2.72. The fraction of sp³-hybridized carbons (Fsp3) is 0.562. The van der Waals surface area contributed by atoms with Gasteiger partial charge in [-0.3, -0.25) is 9.59 Å². The van der Waals surface area contributed by atoms with Crippen LogP contribution in [0.3, 0.4) is 0 Å². The summed E-state index contributed by atoms with van der Waals surface area (Å²) in [4.78, 5) is 29.5. The Hall–Kier alpha value is -0.750. The molecule has 1 aromatic heterocycles. The van der Waals surface area contributed by atoms with Crippen molar-refractivity contribution in [3.05, 3.63) is 22.8 Å². The maximum absolute atomic E-state index is 13.0. The molecule has 1 heterocycles. The van der Waals surface area contributed by atoms with Gasteiger partial charge in [0.25, 0.3) is 0 Å². The van der Waals surface area contributed by atoms with Crippen molar-refractivity contribution in [3.63, 3.8) is 0 Å². The summed E-state index contributed by atoms with van der Waals surface area (Å²) in [7, 11) is 0. The third-order valence-corrected chi connectivity index (χ3v) is 7.76. The number of ketones is 1. The number of anilines is 1. The van der Waals surface area contributed by atoms with E-state index in [2.05, 4.69) is 42.2 Å². The van der Waals surface area contributed by atoms with E-state index < -0.39 is 21.1 Å². The molecule has 2 saturated carbocycles. The highest BCUT2D eigenvalue weighted by atomic mass is 79.9. The molecule has 2 bridgehead atoms. The Morgan fingerprint density at radius 3 is 2.50 bits per heavy atom. The maximum Gasteiger partial charge on any atom is 0.233 e. The van der Waals surface area contributed by atoms with Crippen molar-refractivity contribution in [2.75, 3.05) is 5.32 Å². The van der Waals surface area contributed by atoms with Gasteiger partial charge in [0.05, 0.1) is 10.2 Å². The van der Waals surface area contributed by atoms with Crippen LogP contribution in [0.25, 0.3) is 0 Å². The van der Waals surface area contributed by atoms with Gasteiger partial charge in [0.15, 0.2) is 5.78 Å². The van der Waals surface area contributed by atoms with Gasteiger partial charge in [-0.15, -0.1) is 0 Å². The van der Waals surface area contributed by atoms with Crippen LogP contribution < -0.4 is 5.32 Å². The smallest absolute Gasteiger partial charge is 0.233 e. The highest BCUT2D eigenvalue weighted by Gasteiger charge is 2.76. The van der Waals surface area contributed by atoms with E-state index in [-0.39, 0.29) is 11.7 Å². The van der Waals surface area contributed by atoms with Crippen LogP contribution in [0.15, 0.2) is 22.8 Å². The number of hydrogen-bond acceptors (Lipinski definition) is 3. The Morgan fingerprint density at radius 1 is 1.32 bits per heavy atom. The molecule has 2 aliphatic rings. The van der Waals surface area contributed by atoms with Crippen molar-refractivity contribution in [1.29, 1.82) is 0 Å². The van der Waals surface area contributed by atoms with Gasteiger partial charge in [0, 0.05) is 16.1 Å². The lowest BCUT2D eigenvalue weighted by Gasteiger charge is -2.39. The predicted octanol–water partition coefficient (Wildman–Crippen LogP) is 3.94. The van der Waals surface area contributed by atoms with Gasteiger partial charge in [-0.25, -0.2) is 4.98 Å². The van der Waals surface area contributed by atoms with Crippen LogP contribution in [0.5, 0.6) is 0 Å². The van der Waals surface area contributed by atoms with Crippen molar-refractivity contribution in [2.45, 2.75) is 38.4 Å². The van der Waals surface area contributed by atoms with Crippen molar-refractivity contribution in [1.82, 2.24) is 4.98 Å². The Balaban J connectivity index is 1.97. The number of rotatable bonds is 2. The summed E-state index contributed by atoms with van der Waals surface area (Å²) in [5.74, 6) is 0.525. The van der Waals surface area contributed by atoms with Gasteiger partial charge in [0.1, 0.15) is 5.82 Å². The lowest BCUT2D eigenvalue weighted by atomic mass is 9.64. The molecule has 6 heteroatoms. The molecule has 4 nitrogen and oxygen atoms in total. The van der Waals surface area contributed by atoms with Gasteiger partial charge in [-0.1, -0.05) is 36.7 Å². The number of Topliss-reactive ketones (excluding diaryl/α,β-unsaturated/α-hetero) is 1. The number of nitrogens with zero attached hydrogens (tertiary/aromatic N) is 1. The minimum absolute atomic E-state index is 0.122. The highest BCUT2D eigenvalue weighted by molar-refractivity contribution is 9.10. The fourth-order valence-corrected chi connectivity index (χ4v) is 5.88. The minimum atomic E-state index is -0.729. The second kappa shape index (κ2) is 4.87. The zero-order chi connectivity index (χ0) is 16.3. The normalized spacial score (nSPS) is 35.7. The number of hydrogen-bond donors (Lipinski definition) is 1. The zero-order valence-electron chi connectivity index (χ0n) is 12.7. The number of nitrogens with one attached hydrogen (secondary N) is 1. The third kappa shape index (κ3) is 1.77. The van der Waals surface area contributed by atoms with E-state index in [1.54, 1.807) is 12.3 Å².